The van der Waals surface area contributed by atoms with Crippen LogP contribution in [0.25, 0.3) is 0 Å². The van der Waals surface area contributed by atoms with Crippen LogP contribution in [0.1, 0.15) is 12.7 Å². The van der Waals surface area contributed by atoms with Crippen molar-refractivity contribution >= 4 is 23.1 Å². The Morgan fingerprint density at radius 2 is 2.00 bits per heavy atom. The van der Waals surface area contributed by atoms with Crippen LogP contribution in [0.3, 0.4) is 0 Å². The molecule has 0 aliphatic carbocycles. The van der Waals surface area contributed by atoms with Crippen LogP contribution in [-0.2, 0) is 5.92 Å². The summed E-state index contributed by atoms with van der Waals surface area (Å²) in [7, 11) is 0. The molecular weight excluding hydrogens is 279 g/mol. The van der Waals surface area contributed by atoms with Gasteiger partial charge in [-0.05, 0) is 24.3 Å². The van der Waals surface area contributed by atoms with E-state index in [4.69, 9.17) is 11.6 Å². The number of nitrogens with one attached hydrogen (secondary N) is 1. The Labute approximate surface area is 112 Å². The van der Waals surface area contributed by atoms with Crippen LogP contribution < -0.4 is 5.32 Å². The molecule has 19 heavy (non-hydrogen) atoms. The summed E-state index contributed by atoms with van der Waals surface area (Å²) in [6.45, 7) is 0.709. The van der Waals surface area contributed by atoms with Crippen LogP contribution in [0.2, 0.25) is 5.02 Å². The van der Waals surface area contributed by atoms with Crippen LogP contribution in [0, 0.1) is 5.82 Å². The highest BCUT2D eigenvalue weighted by Crippen LogP contribution is 2.25. The van der Waals surface area contributed by atoms with E-state index in [-0.39, 0.29) is 10.8 Å². The Balaban J connectivity index is 2.26. The van der Waals surface area contributed by atoms with Crippen molar-refractivity contribution in [2.24, 2.45) is 0 Å². The van der Waals surface area contributed by atoms with Gasteiger partial charge in [0.05, 0.1) is 5.02 Å². The van der Waals surface area contributed by atoms with E-state index in [9.17, 15) is 13.2 Å². The van der Waals surface area contributed by atoms with Gasteiger partial charge in [-0.15, -0.1) is 0 Å². The maximum Gasteiger partial charge on any atom is 0.303 e. The molecule has 1 heterocycles. The summed E-state index contributed by atoms with van der Waals surface area (Å²) in [6, 6.07) is 5.35. The van der Waals surface area contributed by atoms with Crippen molar-refractivity contribution in [1.29, 1.82) is 0 Å². The lowest BCUT2D eigenvalue weighted by molar-refractivity contribution is 0.00783. The van der Waals surface area contributed by atoms with Crippen molar-refractivity contribution in [3.63, 3.8) is 0 Å². The number of benzene rings is 1. The lowest BCUT2D eigenvalue weighted by atomic mass is 10.3. The van der Waals surface area contributed by atoms with Crippen LogP contribution in [0.4, 0.5) is 24.7 Å². The monoisotopic (exact) mass is 287 g/mol. The van der Waals surface area contributed by atoms with Gasteiger partial charge in [-0.25, -0.2) is 14.4 Å². The summed E-state index contributed by atoms with van der Waals surface area (Å²) < 4.78 is 39.1. The molecule has 0 aliphatic heterocycles. The third kappa shape index (κ3) is 3.35. The van der Waals surface area contributed by atoms with E-state index < -0.39 is 17.6 Å². The van der Waals surface area contributed by atoms with E-state index in [1.54, 1.807) is 0 Å². The Hall–Kier alpha value is -1.82. The zero-order chi connectivity index (χ0) is 14.0. The molecule has 3 nitrogen and oxygen atoms in total. The second-order valence-corrected chi connectivity index (χ2v) is 4.31. The number of aromatic nitrogens is 2. The topological polar surface area (TPSA) is 37.8 Å². The lowest BCUT2D eigenvalue weighted by Gasteiger charge is -2.11. The molecule has 100 valence electrons. The van der Waals surface area contributed by atoms with Gasteiger partial charge in [-0.3, -0.25) is 0 Å². The minimum atomic E-state index is -3.13. The minimum absolute atomic E-state index is 0.0694. The Bertz CT molecular complexity index is 599. The van der Waals surface area contributed by atoms with Gasteiger partial charge in [0.25, 0.3) is 0 Å². The smallest absolute Gasteiger partial charge is 0.303 e. The second-order valence-electron chi connectivity index (χ2n) is 3.91. The molecule has 0 bridgehead atoms. The van der Waals surface area contributed by atoms with E-state index in [0.29, 0.717) is 12.6 Å². The van der Waals surface area contributed by atoms with Gasteiger partial charge in [0.2, 0.25) is 5.82 Å². The lowest BCUT2D eigenvalue weighted by Crippen LogP contribution is -2.13. The quantitative estimate of drug-likeness (QED) is 0.922. The molecule has 1 N–H and O–H groups in total. The number of hydrogen-bond donors (Lipinski definition) is 1. The molecule has 1 aromatic carbocycles. The van der Waals surface area contributed by atoms with Gasteiger partial charge in [-0.1, -0.05) is 11.6 Å². The first kappa shape index (κ1) is 13.6. The van der Waals surface area contributed by atoms with Gasteiger partial charge in [0.15, 0.2) is 0 Å². The number of hydrogen-bond acceptors (Lipinski definition) is 3. The molecule has 0 saturated carbocycles. The molecule has 0 spiro atoms. The number of halogens is 4. The highest BCUT2D eigenvalue weighted by Gasteiger charge is 2.28. The van der Waals surface area contributed by atoms with Gasteiger partial charge in [0, 0.05) is 18.8 Å². The average molecular weight is 288 g/mol. The first-order valence-corrected chi connectivity index (χ1v) is 5.67. The number of anilines is 2. The van der Waals surface area contributed by atoms with Gasteiger partial charge < -0.3 is 5.32 Å². The van der Waals surface area contributed by atoms with Crippen molar-refractivity contribution in [2.45, 2.75) is 12.8 Å². The Kier molecular flexibility index (Phi) is 3.61. The molecule has 0 unspecified atom stereocenters. The molecule has 0 saturated heterocycles. The van der Waals surface area contributed by atoms with E-state index in [0.717, 1.165) is 0 Å². The number of rotatable bonds is 3. The van der Waals surface area contributed by atoms with Gasteiger partial charge in [-0.2, -0.15) is 8.78 Å². The van der Waals surface area contributed by atoms with Crippen molar-refractivity contribution in [1.82, 2.24) is 9.97 Å². The molecule has 2 aromatic rings. The summed E-state index contributed by atoms with van der Waals surface area (Å²) in [5.41, 5.74) is 0.440. The molecule has 0 amide bonds. The SMILES string of the molecule is CC(F)(F)c1nccc(Nc2ccc(F)c(Cl)c2)n1. The molecule has 2 rings (SSSR count). The standard InChI is InChI=1S/C12H9ClF3N3/c1-12(15,16)11-17-5-4-10(19-11)18-7-2-3-9(14)8(13)6-7/h2-6H,1H3,(H,17,18,19). The maximum atomic E-state index is 13.1. The maximum absolute atomic E-state index is 13.1. The van der Waals surface area contributed by atoms with Crippen LogP contribution >= 0.6 is 11.6 Å². The van der Waals surface area contributed by atoms with Gasteiger partial charge in [0.1, 0.15) is 11.6 Å². The third-order valence-electron chi connectivity index (χ3n) is 2.24. The summed E-state index contributed by atoms with van der Waals surface area (Å²) in [5, 5.41) is 2.68. The van der Waals surface area contributed by atoms with Crippen molar-refractivity contribution in [3.05, 3.63) is 47.1 Å². The molecule has 7 heteroatoms. The van der Waals surface area contributed by atoms with Gasteiger partial charge >= 0.3 is 5.92 Å². The van der Waals surface area contributed by atoms with Crippen molar-refractivity contribution in [3.8, 4) is 0 Å². The predicted octanol–water partition coefficient (Wildman–Crippen LogP) is 4.12. The fourth-order valence-corrected chi connectivity index (χ4v) is 1.54. The molecule has 0 aliphatic rings. The molecule has 0 fully saturated rings. The fourth-order valence-electron chi connectivity index (χ4n) is 1.36. The Morgan fingerprint density at radius 3 is 2.63 bits per heavy atom. The first-order chi connectivity index (χ1) is 8.86. The predicted molar refractivity (Wildman–Crippen MR) is 66.3 cm³/mol. The van der Waals surface area contributed by atoms with E-state index >= 15 is 0 Å². The molecule has 0 radical (unpaired) electrons. The highest BCUT2D eigenvalue weighted by atomic mass is 35.5. The molecular formula is C12H9ClF3N3. The fraction of sp³-hybridized carbons (Fsp3) is 0.167. The third-order valence-corrected chi connectivity index (χ3v) is 2.53. The van der Waals surface area contributed by atoms with Crippen LogP contribution in [-0.4, -0.2) is 9.97 Å². The minimum Gasteiger partial charge on any atom is -0.340 e. The van der Waals surface area contributed by atoms with Crippen molar-refractivity contribution < 1.29 is 13.2 Å². The largest absolute Gasteiger partial charge is 0.340 e. The second kappa shape index (κ2) is 5.05. The molecule has 0 atom stereocenters. The normalized spacial score (nSPS) is 11.4. The summed E-state index contributed by atoms with van der Waals surface area (Å²) in [4.78, 5) is 7.18. The first-order valence-electron chi connectivity index (χ1n) is 5.29. The number of alkyl halides is 2. The summed E-state index contributed by atoms with van der Waals surface area (Å²) in [6.07, 6.45) is 1.22. The van der Waals surface area contributed by atoms with Crippen LogP contribution in [0.15, 0.2) is 30.5 Å². The van der Waals surface area contributed by atoms with E-state index in [1.165, 1.54) is 30.5 Å². The zero-order valence-electron chi connectivity index (χ0n) is 9.79. The summed E-state index contributed by atoms with van der Waals surface area (Å²) >= 11 is 5.62. The number of nitrogens with zero attached hydrogens (tertiary/aromatic N) is 2. The van der Waals surface area contributed by atoms with E-state index in [1.807, 2.05) is 0 Å². The van der Waals surface area contributed by atoms with Crippen molar-refractivity contribution in [2.75, 3.05) is 5.32 Å². The Morgan fingerprint density at radius 1 is 1.26 bits per heavy atom. The zero-order valence-corrected chi connectivity index (χ0v) is 10.5. The molecule has 1 aromatic heterocycles. The van der Waals surface area contributed by atoms with E-state index in [2.05, 4.69) is 15.3 Å². The average Bonchev–Trinajstić information content (AvgIpc) is 2.33. The summed E-state index contributed by atoms with van der Waals surface area (Å²) in [5.74, 6) is -4.10. The highest BCUT2D eigenvalue weighted by molar-refractivity contribution is 6.31. The van der Waals surface area contributed by atoms with Crippen LogP contribution in [0.5, 0.6) is 0 Å².